The predicted octanol–water partition coefficient (Wildman–Crippen LogP) is 3.11. The first-order chi connectivity index (χ1) is 9.67. The molecule has 0 saturated carbocycles. The van der Waals surface area contributed by atoms with Crippen LogP contribution in [0.1, 0.15) is 0 Å². The van der Waals surface area contributed by atoms with Gasteiger partial charge in [0.15, 0.2) is 5.82 Å². The number of nitrogens with two attached hydrogens (primary N) is 1. The summed E-state index contributed by atoms with van der Waals surface area (Å²) in [5.74, 6) is 6.54. The fourth-order valence-electron chi connectivity index (χ4n) is 1.70. The summed E-state index contributed by atoms with van der Waals surface area (Å²) in [5.41, 5.74) is 3.02. The van der Waals surface area contributed by atoms with Gasteiger partial charge in [-0.3, -0.25) is 4.40 Å². The molecule has 0 aliphatic rings. The maximum Gasteiger partial charge on any atom is 0.265 e. The molecule has 2 heterocycles. The number of benzene rings is 1. The molecule has 0 bridgehead atoms. The molecule has 3 rings (SSSR count). The second kappa shape index (κ2) is 5.16. The normalized spacial score (nSPS) is 10.8. The van der Waals surface area contributed by atoms with Crippen molar-refractivity contribution in [2.75, 3.05) is 5.43 Å². The van der Waals surface area contributed by atoms with Gasteiger partial charge in [-0.1, -0.05) is 23.2 Å². The Balaban J connectivity index is 2.07. The van der Waals surface area contributed by atoms with E-state index in [1.54, 1.807) is 41.2 Å². The van der Waals surface area contributed by atoms with E-state index in [9.17, 15) is 0 Å². The number of ether oxygens (including phenoxy) is 1. The number of nitrogens with zero attached hydrogens (tertiary/aromatic N) is 3. The van der Waals surface area contributed by atoms with Crippen LogP contribution in [0.15, 0.2) is 36.8 Å². The number of imidazole rings is 1. The minimum absolute atomic E-state index is 0.287. The molecule has 0 aliphatic carbocycles. The maximum atomic E-state index is 6.07. The summed E-state index contributed by atoms with van der Waals surface area (Å²) in [6.45, 7) is 0. The number of fused-ring (bicyclic) bond motifs is 1. The van der Waals surface area contributed by atoms with E-state index in [4.69, 9.17) is 33.8 Å². The van der Waals surface area contributed by atoms with E-state index >= 15 is 0 Å². The lowest BCUT2D eigenvalue weighted by atomic mass is 10.3. The van der Waals surface area contributed by atoms with Gasteiger partial charge < -0.3 is 10.2 Å². The molecule has 2 aromatic heterocycles. The molecule has 8 heteroatoms. The number of nitrogen functional groups attached to an aromatic ring is 1. The second-order valence-electron chi connectivity index (χ2n) is 3.91. The Morgan fingerprint density at radius 3 is 2.90 bits per heavy atom. The van der Waals surface area contributed by atoms with Gasteiger partial charge in [-0.05, 0) is 18.2 Å². The smallest absolute Gasteiger partial charge is 0.265 e. The third-order valence-electron chi connectivity index (χ3n) is 2.59. The van der Waals surface area contributed by atoms with E-state index in [2.05, 4.69) is 15.4 Å². The van der Waals surface area contributed by atoms with Gasteiger partial charge in [-0.25, -0.2) is 10.8 Å². The standard InChI is InChI=1S/C12H9Cl2N5O/c13-7-1-2-9(8(14)5-7)20-12-11-16-3-4-19(11)6-10(17-12)18-15/h1-6,18H,15H2. The van der Waals surface area contributed by atoms with Crippen LogP contribution in [-0.4, -0.2) is 14.4 Å². The Bertz CT molecular complexity index is 774. The molecule has 20 heavy (non-hydrogen) atoms. The van der Waals surface area contributed by atoms with Crippen LogP contribution in [-0.2, 0) is 0 Å². The van der Waals surface area contributed by atoms with Gasteiger partial charge in [-0.15, -0.1) is 0 Å². The van der Waals surface area contributed by atoms with Crippen molar-refractivity contribution in [2.45, 2.75) is 0 Å². The molecule has 0 amide bonds. The number of hydrogen-bond acceptors (Lipinski definition) is 5. The predicted molar refractivity (Wildman–Crippen MR) is 77.3 cm³/mol. The van der Waals surface area contributed by atoms with Gasteiger partial charge in [0.1, 0.15) is 5.75 Å². The minimum Gasteiger partial charge on any atom is -0.434 e. The van der Waals surface area contributed by atoms with Crippen molar-refractivity contribution < 1.29 is 4.74 Å². The van der Waals surface area contributed by atoms with Gasteiger partial charge >= 0.3 is 0 Å². The van der Waals surface area contributed by atoms with E-state index in [-0.39, 0.29) is 5.88 Å². The van der Waals surface area contributed by atoms with Crippen molar-refractivity contribution in [2.24, 2.45) is 5.84 Å². The van der Waals surface area contributed by atoms with Crippen molar-refractivity contribution in [3.05, 3.63) is 46.8 Å². The third-order valence-corrected chi connectivity index (χ3v) is 3.12. The molecule has 3 aromatic rings. The average molecular weight is 310 g/mol. The summed E-state index contributed by atoms with van der Waals surface area (Å²) in [5, 5.41) is 0.911. The van der Waals surface area contributed by atoms with Gasteiger partial charge in [0.05, 0.1) is 11.2 Å². The van der Waals surface area contributed by atoms with Gasteiger partial charge in [0.2, 0.25) is 5.65 Å². The van der Waals surface area contributed by atoms with Crippen molar-refractivity contribution in [3.8, 4) is 11.6 Å². The van der Waals surface area contributed by atoms with E-state index in [0.29, 0.717) is 27.3 Å². The zero-order valence-electron chi connectivity index (χ0n) is 10.0. The number of rotatable bonds is 3. The summed E-state index contributed by atoms with van der Waals surface area (Å²) in [7, 11) is 0. The van der Waals surface area contributed by atoms with Crippen LogP contribution in [0.25, 0.3) is 5.65 Å². The molecule has 1 aromatic carbocycles. The summed E-state index contributed by atoms with van der Waals surface area (Å²) < 4.78 is 7.44. The topological polar surface area (TPSA) is 77.5 Å². The number of halogens is 2. The monoisotopic (exact) mass is 309 g/mol. The lowest BCUT2D eigenvalue weighted by molar-refractivity contribution is 0.466. The van der Waals surface area contributed by atoms with Crippen LogP contribution in [0.4, 0.5) is 5.82 Å². The highest BCUT2D eigenvalue weighted by molar-refractivity contribution is 6.35. The highest BCUT2D eigenvalue weighted by atomic mass is 35.5. The quantitative estimate of drug-likeness (QED) is 0.574. The van der Waals surface area contributed by atoms with Crippen molar-refractivity contribution in [1.82, 2.24) is 14.4 Å². The zero-order chi connectivity index (χ0) is 14.1. The summed E-state index contributed by atoms with van der Waals surface area (Å²) in [6, 6.07) is 4.93. The number of nitrogens with one attached hydrogen (secondary N) is 1. The molecular weight excluding hydrogens is 301 g/mol. The van der Waals surface area contributed by atoms with Crippen LogP contribution in [0.3, 0.4) is 0 Å². The summed E-state index contributed by atoms with van der Waals surface area (Å²) in [4.78, 5) is 8.39. The Hall–Kier alpha value is -2.02. The average Bonchev–Trinajstić information content (AvgIpc) is 2.90. The van der Waals surface area contributed by atoms with Crippen molar-refractivity contribution in [1.29, 1.82) is 0 Å². The van der Waals surface area contributed by atoms with Crippen LogP contribution >= 0.6 is 23.2 Å². The molecule has 3 N–H and O–H groups in total. The number of hydrogen-bond donors (Lipinski definition) is 2. The van der Waals surface area contributed by atoms with Gasteiger partial charge in [0, 0.05) is 17.4 Å². The minimum atomic E-state index is 0.287. The SMILES string of the molecule is NNc1cn2ccnc2c(Oc2ccc(Cl)cc2Cl)n1. The van der Waals surface area contributed by atoms with Crippen molar-refractivity contribution >= 4 is 34.7 Å². The zero-order valence-corrected chi connectivity index (χ0v) is 11.6. The molecule has 0 spiro atoms. The maximum absolute atomic E-state index is 6.07. The lowest BCUT2D eigenvalue weighted by Gasteiger charge is -2.09. The highest BCUT2D eigenvalue weighted by Gasteiger charge is 2.11. The first kappa shape index (κ1) is 13.0. The lowest BCUT2D eigenvalue weighted by Crippen LogP contribution is -2.10. The summed E-state index contributed by atoms with van der Waals surface area (Å²) >= 11 is 11.9. The first-order valence-corrected chi connectivity index (χ1v) is 6.36. The Kier molecular flexibility index (Phi) is 3.35. The van der Waals surface area contributed by atoms with Crippen LogP contribution in [0.2, 0.25) is 10.0 Å². The van der Waals surface area contributed by atoms with E-state index in [1.807, 2.05) is 0 Å². The number of hydrazine groups is 1. The van der Waals surface area contributed by atoms with Gasteiger partial charge in [-0.2, -0.15) is 4.98 Å². The molecule has 0 unspecified atom stereocenters. The van der Waals surface area contributed by atoms with Crippen LogP contribution in [0, 0.1) is 0 Å². The molecule has 102 valence electrons. The second-order valence-corrected chi connectivity index (χ2v) is 4.75. The van der Waals surface area contributed by atoms with E-state index < -0.39 is 0 Å². The molecular formula is C12H9Cl2N5O. The number of anilines is 1. The highest BCUT2D eigenvalue weighted by Crippen LogP contribution is 2.32. The molecule has 0 fully saturated rings. The molecule has 0 atom stereocenters. The molecule has 0 radical (unpaired) electrons. The van der Waals surface area contributed by atoms with E-state index in [1.165, 1.54) is 0 Å². The first-order valence-electron chi connectivity index (χ1n) is 5.60. The van der Waals surface area contributed by atoms with E-state index in [0.717, 1.165) is 0 Å². The third kappa shape index (κ3) is 2.36. The fourth-order valence-corrected chi connectivity index (χ4v) is 2.15. The van der Waals surface area contributed by atoms with Crippen LogP contribution in [0.5, 0.6) is 11.6 Å². The van der Waals surface area contributed by atoms with Gasteiger partial charge in [0.25, 0.3) is 5.88 Å². The molecule has 6 nitrogen and oxygen atoms in total. The molecule has 0 aliphatic heterocycles. The van der Waals surface area contributed by atoms with Crippen LogP contribution < -0.4 is 16.0 Å². The number of aromatic nitrogens is 3. The largest absolute Gasteiger partial charge is 0.434 e. The molecule has 0 saturated heterocycles. The van der Waals surface area contributed by atoms with Crippen molar-refractivity contribution in [3.63, 3.8) is 0 Å². The Labute approximate surface area is 124 Å². The Morgan fingerprint density at radius 1 is 1.30 bits per heavy atom. The summed E-state index contributed by atoms with van der Waals surface area (Å²) in [6.07, 6.45) is 5.08. The fraction of sp³-hybridized carbons (Fsp3) is 0. The Morgan fingerprint density at radius 2 is 2.15 bits per heavy atom.